The monoisotopic (exact) mass is 294 g/mol. The molecule has 0 fully saturated rings. The van der Waals surface area contributed by atoms with Gasteiger partial charge < -0.3 is 9.47 Å². The molecule has 0 aliphatic carbocycles. The number of nitro groups is 1. The van der Waals surface area contributed by atoms with Crippen molar-refractivity contribution in [3.8, 4) is 17.6 Å². The molecular formula is C16H10N2O4. The van der Waals surface area contributed by atoms with Gasteiger partial charge in [-0.1, -0.05) is 18.2 Å². The summed E-state index contributed by atoms with van der Waals surface area (Å²) in [6.07, 6.45) is 1.59. The lowest BCUT2D eigenvalue weighted by atomic mass is 10.0. The standard InChI is InChI=1S/C16H10N2O4/c17-9-12(13-3-1-2-4-14(13)18(19)20)7-11-5-6-15-16(8-11)22-10-21-15/h1-8H,10H2/b12-7+. The lowest BCUT2D eigenvalue weighted by Gasteiger charge is -2.02. The molecule has 0 N–H and O–H groups in total. The first kappa shape index (κ1) is 13.6. The molecule has 2 aromatic carbocycles. The maximum Gasteiger partial charge on any atom is 0.277 e. The molecule has 6 heteroatoms. The molecule has 0 spiro atoms. The van der Waals surface area contributed by atoms with E-state index in [9.17, 15) is 15.4 Å². The van der Waals surface area contributed by atoms with Gasteiger partial charge in [-0.05, 0) is 29.8 Å². The number of hydrogen-bond acceptors (Lipinski definition) is 5. The summed E-state index contributed by atoms with van der Waals surface area (Å²) in [6, 6.07) is 13.4. The highest BCUT2D eigenvalue weighted by molar-refractivity contribution is 5.92. The average Bonchev–Trinajstić information content (AvgIpc) is 3.00. The van der Waals surface area contributed by atoms with E-state index in [1.165, 1.54) is 6.07 Å². The minimum atomic E-state index is -0.500. The molecule has 1 aliphatic rings. The van der Waals surface area contributed by atoms with Crippen LogP contribution in [0, 0.1) is 21.4 Å². The predicted molar refractivity (Wildman–Crippen MR) is 79.1 cm³/mol. The second-order valence-corrected chi connectivity index (χ2v) is 4.56. The van der Waals surface area contributed by atoms with Gasteiger partial charge in [0.15, 0.2) is 11.5 Å². The highest BCUT2D eigenvalue weighted by Gasteiger charge is 2.17. The van der Waals surface area contributed by atoms with Crippen molar-refractivity contribution in [2.75, 3.05) is 6.79 Å². The fourth-order valence-corrected chi connectivity index (χ4v) is 2.20. The van der Waals surface area contributed by atoms with E-state index in [1.54, 1.807) is 42.5 Å². The minimum Gasteiger partial charge on any atom is -0.454 e. The molecule has 6 nitrogen and oxygen atoms in total. The number of para-hydroxylation sites is 1. The Labute approximate surface area is 126 Å². The third kappa shape index (κ3) is 2.47. The Kier molecular flexibility index (Phi) is 3.46. The van der Waals surface area contributed by atoms with Gasteiger partial charge in [-0.2, -0.15) is 5.26 Å². The quantitative estimate of drug-likeness (QED) is 0.375. The fraction of sp³-hybridized carbons (Fsp3) is 0.0625. The number of allylic oxidation sites excluding steroid dienone is 1. The van der Waals surface area contributed by atoms with E-state index in [0.29, 0.717) is 17.1 Å². The normalized spacial score (nSPS) is 12.8. The topological polar surface area (TPSA) is 85.4 Å². The van der Waals surface area contributed by atoms with Crippen molar-refractivity contribution in [2.24, 2.45) is 0 Å². The van der Waals surface area contributed by atoms with E-state index in [2.05, 4.69) is 0 Å². The predicted octanol–water partition coefficient (Wildman–Crippen LogP) is 3.39. The zero-order chi connectivity index (χ0) is 15.5. The first-order chi connectivity index (χ1) is 10.7. The van der Waals surface area contributed by atoms with Crippen molar-refractivity contribution in [2.45, 2.75) is 0 Å². The number of fused-ring (bicyclic) bond motifs is 1. The van der Waals surface area contributed by atoms with Gasteiger partial charge >= 0.3 is 0 Å². The third-order valence-corrected chi connectivity index (χ3v) is 3.22. The lowest BCUT2D eigenvalue weighted by Crippen LogP contribution is -1.94. The number of benzene rings is 2. The SMILES string of the molecule is N#C/C(=C\c1ccc2c(c1)OCO2)c1ccccc1[N+](=O)[O-]. The first-order valence-corrected chi connectivity index (χ1v) is 6.44. The van der Waals surface area contributed by atoms with E-state index in [1.807, 2.05) is 6.07 Å². The summed E-state index contributed by atoms with van der Waals surface area (Å²) < 4.78 is 10.5. The van der Waals surface area contributed by atoms with Crippen LogP contribution in [0.15, 0.2) is 42.5 Å². The molecular weight excluding hydrogens is 284 g/mol. The van der Waals surface area contributed by atoms with Gasteiger partial charge in [0.25, 0.3) is 5.69 Å². The van der Waals surface area contributed by atoms with Crippen molar-refractivity contribution in [3.05, 3.63) is 63.7 Å². The Hall–Kier alpha value is -3.33. The van der Waals surface area contributed by atoms with Crippen LogP contribution in [0.4, 0.5) is 5.69 Å². The number of nitriles is 1. The van der Waals surface area contributed by atoms with Gasteiger partial charge in [0, 0.05) is 6.07 Å². The molecule has 0 atom stereocenters. The van der Waals surface area contributed by atoms with Gasteiger partial charge in [-0.25, -0.2) is 0 Å². The largest absolute Gasteiger partial charge is 0.454 e. The average molecular weight is 294 g/mol. The highest BCUT2D eigenvalue weighted by Crippen LogP contribution is 2.34. The van der Waals surface area contributed by atoms with Gasteiger partial charge in [-0.3, -0.25) is 10.1 Å². The fourth-order valence-electron chi connectivity index (χ4n) is 2.20. The maximum absolute atomic E-state index is 11.1. The van der Waals surface area contributed by atoms with Crippen LogP contribution in [0.5, 0.6) is 11.5 Å². The van der Waals surface area contributed by atoms with Crippen molar-refractivity contribution in [1.29, 1.82) is 5.26 Å². The van der Waals surface area contributed by atoms with Gasteiger partial charge in [-0.15, -0.1) is 0 Å². The Morgan fingerprint density at radius 2 is 2.00 bits per heavy atom. The number of nitro benzene ring substituents is 1. The van der Waals surface area contributed by atoms with Crippen LogP contribution in [0.25, 0.3) is 11.6 Å². The van der Waals surface area contributed by atoms with Crippen LogP contribution in [0.1, 0.15) is 11.1 Å². The van der Waals surface area contributed by atoms with Gasteiger partial charge in [0.2, 0.25) is 6.79 Å². The number of ether oxygens (including phenoxy) is 2. The Balaban J connectivity index is 2.05. The molecule has 0 saturated carbocycles. The second kappa shape index (κ2) is 5.58. The minimum absolute atomic E-state index is 0.101. The number of hydrogen-bond donors (Lipinski definition) is 0. The highest BCUT2D eigenvalue weighted by atomic mass is 16.7. The molecule has 0 radical (unpaired) electrons. The van der Waals surface area contributed by atoms with Crippen LogP contribution in [0.3, 0.4) is 0 Å². The van der Waals surface area contributed by atoms with Crippen LogP contribution >= 0.6 is 0 Å². The van der Waals surface area contributed by atoms with E-state index < -0.39 is 4.92 Å². The molecule has 108 valence electrons. The molecule has 1 heterocycles. The summed E-state index contributed by atoms with van der Waals surface area (Å²) >= 11 is 0. The third-order valence-electron chi connectivity index (χ3n) is 3.22. The van der Waals surface area contributed by atoms with E-state index in [4.69, 9.17) is 9.47 Å². The van der Waals surface area contributed by atoms with Crippen LogP contribution in [0.2, 0.25) is 0 Å². The number of rotatable bonds is 3. The van der Waals surface area contributed by atoms with Crippen molar-refractivity contribution < 1.29 is 14.4 Å². The molecule has 0 unspecified atom stereocenters. The Bertz CT molecular complexity index is 821. The maximum atomic E-state index is 11.1. The summed E-state index contributed by atoms with van der Waals surface area (Å²) in [7, 11) is 0. The van der Waals surface area contributed by atoms with Gasteiger partial charge in [0.1, 0.15) is 6.07 Å². The molecule has 0 bridgehead atoms. The van der Waals surface area contributed by atoms with Crippen molar-refractivity contribution >= 4 is 17.3 Å². The summed E-state index contributed by atoms with van der Waals surface area (Å²) in [6.45, 7) is 0.164. The van der Waals surface area contributed by atoms with Crippen LogP contribution in [-0.2, 0) is 0 Å². The summed E-state index contributed by atoms with van der Waals surface area (Å²) in [5.74, 6) is 1.23. The molecule has 1 aliphatic heterocycles. The van der Waals surface area contributed by atoms with Crippen LogP contribution in [-0.4, -0.2) is 11.7 Å². The molecule has 3 rings (SSSR count). The zero-order valence-electron chi connectivity index (χ0n) is 11.4. The Morgan fingerprint density at radius 3 is 2.77 bits per heavy atom. The summed E-state index contributed by atoms with van der Waals surface area (Å²) in [5.41, 5.74) is 1.11. The smallest absolute Gasteiger partial charge is 0.277 e. The molecule has 0 amide bonds. The summed E-state index contributed by atoms with van der Waals surface area (Å²) in [5, 5.41) is 20.4. The molecule has 0 aromatic heterocycles. The van der Waals surface area contributed by atoms with Gasteiger partial charge in [0.05, 0.1) is 16.1 Å². The molecule has 22 heavy (non-hydrogen) atoms. The first-order valence-electron chi connectivity index (χ1n) is 6.44. The summed E-state index contributed by atoms with van der Waals surface area (Å²) in [4.78, 5) is 10.6. The van der Waals surface area contributed by atoms with Crippen LogP contribution < -0.4 is 9.47 Å². The number of nitrogens with zero attached hydrogens (tertiary/aromatic N) is 2. The molecule has 2 aromatic rings. The van der Waals surface area contributed by atoms with E-state index >= 15 is 0 Å². The zero-order valence-corrected chi connectivity index (χ0v) is 11.4. The van der Waals surface area contributed by atoms with Crippen molar-refractivity contribution in [1.82, 2.24) is 0 Å². The Morgan fingerprint density at radius 1 is 1.23 bits per heavy atom. The molecule has 0 saturated heterocycles. The lowest BCUT2D eigenvalue weighted by molar-refractivity contribution is -0.385. The van der Waals surface area contributed by atoms with E-state index in [-0.39, 0.29) is 23.6 Å². The second-order valence-electron chi connectivity index (χ2n) is 4.56. The van der Waals surface area contributed by atoms with Crippen molar-refractivity contribution in [3.63, 3.8) is 0 Å². The van der Waals surface area contributed by atoms with E-state index in [0.717, 1.165) is 0 Å².